The molecule has 104 valence electrons. The van der Waals surface area contributed by atoms with Crippen LogP contribution >= 0.6 is 0 Å². The normalized spacial score (nSPS) is 12.8. The van der Waals surface area contributed by atoms with Gasteiger partial charge >= 0.3 is 18.1 Å². The minimum Gasteiger partial charge on any atom is -0.480 e. The van der Waals surface area contributed by atoms with E-state index in [4.69, 9.17) is 5.11 Å². The zero-order valence-electron chi connectivity index (χ0n) is 10.0. The molecule has 0 bridgehead atoms. The second-order valence-corrected chi connectivity index (χ2v) is 3.96. The Kier molecular flexibility index (Phi) is 4.52. The van der Waals surface area contributed by atoms with Gasteiger partial charge in [-0.1, -0.05) is 30.3 Å². The van der Waals surface area contributed by atoms with E-state index >= 15 is 0 Å². The molecule has 0 heterocycles. The molecule has 0 saturated heterocycles. The lowest BCUT2D eigenvalue weighted by molar-refractivity contribution is -0.188. The lowest BCUT2D eigenvalue weighted by Gasteiger charge is -2.25. The van der Waals surface area contributed by atoms with Crippen molar-refractivity contribution in [2.45, 2.75) is 18.6 Å². The average Bonchev–Trinajstić information content (AvgIpc) is 2.34. The van der Waals surface area contributed by atoms with Crippen molar-refractivity contribution < 1.29 is 27.9 Å². The van der Waals surface area contributed by atoms with E-state index in [2.05, 4.69) is 0 Å². The first-order valence-corrected chi connectivity index (χ1v) is 5.34. The molecule has 0 aliphatic heterocycles. The quantitative estimate of drug-likeness (QED) is 0.910. The van der Waals surface area contributed by atoms with Gasteiger partial charge in [0.1, 0.15) is 6.04 Å². The third-order valence-corrected chi connectivity index (χ3v) is 2.59. The lowest BCUT2D eigenvalue weighted by atomic mass is 10.0. The Labute approximate surface area is 107 Å². The van der Waals surface area contributed by atoms with Crippen LogP contribution in [0.4, 0.5) is 13.2 Å². The molecule has 0 aliphatic rings. The van der Waals surface area contributed by atoms with Crippen LogP contribution in [0.5, 0.6) is 0 Å². The number of carboxylic acids is 1. The Morgan fingerprint density at radius 1 is 1.26 bits per heavy atom. The van der Waals surface area contributed by atoms with Crippen LogP contribution in [-0.4, -0.2) is 41.1 Å². The van der Waals surface area contributed by atoms with E-state index in [1.807, 2.05) is 0 Å². The summed E-state index contributed by atoms with van der Waals surface area (Å²) in [7, 11) is 0.831. The first-order valence-electron chi connectivity index (χ1n) is 5.34. The molecule has 0 saturated carbocycles. The second kappa shape index (κ2) is 5.73. The van der Waals surface area contributed by atoms with Gasteiger partial charge in [-0.15, -0.1) is 0 Å². The molecule has 0 aliphatic carbocycles. The number of aliphatic carboxylic acids is 1. The van der Waals surface area contributed by atoms with Gasteiger partial charge in [0.2, 0.25) is 0 Å². The predicted molar refractivity (Wildman–Crippen MR) is 60.4 cm³/mol. The molecule has 1 aromatic rings. The van der Waals surface area contributed by atoms with Gasteiger partial charge in [0.15, 0.2) is 0 Å². The van der Waals surface area contributed by atoms with Crippen LogP contribution in [0.2, 0.25) is 0 Å². The largest absolute Gasteiger partial charge is 0.480 e. The van der Waals surface area contributed by atoms with E-state index in [1.165, 1.54) is 0 Å². The van der Waals surface area contributed by atoms with E-state index in [0.717, 1.165) is 7.05 Å². The topological polar surface area (TPSA) is 57.6 Å². The number of amides is 1. The van der Waals surface area contributed by atoms with Crippen LogP contribution in [0.1, 0.15) is 5.56 Å². The average molecular weight is 275 g/mol. The number of hydrogen-bond acceptors (Lipinski definition) is 2. The number of rotatable bonds is 4. The summed E-state index contributed by atoms with van der Waals surface area (Å²) < 4.78 is 36.8. The fourth-order valence-electron chi connectivity index (χ4n) is 1.57. The van der Waals surface area contributed by atoms with Gasteiger partial charge in [-0.05, 0) is 5.56 Å². The maximum absolute atomic E-state index is 12.3. The van der Waals surface area contributed by atoms with Crippen LogP contribution in [0, 0.1) is 0 Å². The fraction of sp³-hybridized carbons (Fsp3) is 0.333. The minimum absolute atomic E-state index is 0.186. The standard InChI is InChI=1S/C12H12F3NO3/c1-16(11(19)12(13,14)15)9(10(17)18)7-8-5-3-2-4-6-8/h2-6,9H,7H2,1H3,(H,17,18). The SMILES string of the molecule is CN(C(=O)C(F)(F)F)C(Cc1ccccc1)C(=O)O. The summed E-state index contributed by atoms with van der Waals surface area (Å²) in [4.78, 5) is 22.3. The highest BCUT2D eigenvalue weighted by Gasteiger charge is 2.44. The molecule has 1 N–H and O–H groups in total. The van der Waals surface area contributed by atoms with E-state index in [1.54, 1.807) is 30.3 Å². The van der Waals surface area contributed by atoms with Crippen molar-refractivity contribution in [2.24, 2.45) is 0 Å². The van der Waals surface area contributed by atoms with Crippen LogP contribution in [0.15, 0.2) is 30.3 Å². The van der Waals surface area contributed by atoms with Crippen molar-refractivity contribution in [2.75, 3.05) is 7.05 Å². The first-order chi connectivity index (χ1) is 8.73. The molecule has 19 heavy (non-hydrogen) atoms. The van der Waals surface area contributed by atoms with Crippen molar-refractivity contribution in [1.29, 1.82) is 0 Å². The van der Waals surface area contributed by atoms with Crippen molar-refractivity contribution in [3.63, 3.8) is 0 Å². The number of hydrogen-bond donors (Lipinski definition) is 1. The highest BCUT2D eigenvalue weighted by atomic mass is 19.4. The number of likely N-dealkylation sites (N-methyl/N-ethyl adjacent to an activating group) is 1. The predicted octanol–water partition coefficient (Wildman–Crippen LogP) is 1.70. The molecule has 1 amide bonds. The van der Waals surface area contributed by atoms with Crippen LogP contribution in [0.3, 0.4) is 0 Å². The van der Waals surface area contributed by atoms with Crippen LogP contribution < -0.4 is 0 Å². The number of carbonyl (C=O) groups is 2. The lowest BCUT2D eigenvalue weighted by Crippen LogP contribution is -2.49. The summed E-state index contributed by atoms with van der Waals surface area (Å²) in [6.07, 6.45) is -5.27. The molecule has 0 radical (unpaired) electrons. The fourth-order valence-corrected chi connectivity index (χ4v) is 1.57. The van der Waals surface area contributed by atoms with E-state index in [9.17, 15) is 22.8 Å². The van der Waals surface area contributed by atoms with Gasteiger partial charge in [-0.25, -0.2) is 4.79 Å². The molecule has 0 spiro atoms. The second-order valence-electron chi connectivity index (χ2n) is 3.96. The number of benzene rings is 1. The molecule has 7 heteroatoms. The van der Waals surface area contributed by atoms with Crippen molar-refractivity contribution in [3.8, 4) is 0 Å². The molecular formula is C12H12F3NO3. The molecular weight excluding hydrogens is 263 g/mol. The summed E-state index contributed by atoms with van der Waals surface area (Å²) in [5.74, 6) is -3.65. The van der Waals surface area contributed by atoms with Crippen molar-refractivity contribution in [3.05, 3.63) is 35.9 Å². The Bertz CT molecular complexity index is 459. The highest BCUT2D eigenvalue weighted by molar-refractivity contribution is 5.87. The smallest absolute Gasteiger partial charge is 0.471 e. The monoisotopic (exact) mass is 275 g/mol. The highest BCUT2D eigenvalue weighted by Crippen LogP contribution is 2.20. The number of carboxylic acid groups (broad SMARTS) is 1. The van der Waals surface area contributed by atoms with E-state index in [-0.39, 0.29) is 11.3 Å². The first kappa shape index (κ1) is 15.0. The minimum atomic E-state index is -5.08. The van der Waals surface area contributed by atoms with Crippen molar-refractivity contribution in [1.82, 2.24) is 4.90 Å². The maximum atomic E-state index is 12.3. The number of carbonyl (C=O) groups excluding carboxylic acids is 1. The summed E-state index contributed by atoms with van der Waals surface area (Å²) in [6.45, 7) is 0. The Hall–Kier alpha value is -2.05. The van der Waals surface area contributed by atoms with Gasteiger partial charge < -0.3 is 10.0 Å². The van der Waals surface area contributed by atoms with Crippen molar-refractivity contribution >= 4 is 11.9 Å². The number of halogens is 3. The third-order valence-electron chi connectivity index (χ3n) is 2.59. The zero-order chi connectivity index (χ0) is 14.6. The van der Waals surface area contributed by atoms with Gasteiger partial charge in [0.05, 0.1) is 0 Å². The summed E-state index contributed by atoms with van der Waals surface area (Å²) >= 11 is 0. The van der Waals surface area contributed by atoms with Gasteiger partial charge in [-0.2, -0.15) is 13.2 Å². The molecule has 1 unspecified atom stereocenters. The van der Waals surface area contributed by atoms with Gasteiger partial charge in [-0.3, -0.25) is 4.79 Å². The summed E-state index contributed by atoms with van der Waals surface area (Å²) in [5, 5.41) is 8.96. The maximum Gasteiger partial charge on any atom is 0.471 e. The Balaban J connectivity index is 2.90. The van der Waals surface area contributed by atoms with E-state index < -0.39 is 24.1 Å². The molecule has 1 rings (SSSR count). The summed E-state index contributed by atoms with van der Waals surface area (Å²) in [6, 6.07) is 6.59. The Morgan fingerprint density at radius 2 is 1.79 bits per heavy atom. The zero-order valence-corrected chi connectivity index (χ0v) is 10.0. The molecule has 0 fully saturated rings. The van der Waals surface area contributed by atoms with Gasteiger partial charge in [0, 0.05) is 13.5 Å². The Morgan fingerprint density at radius 3 is 2.21 bits per heavy atom. The molecule has 0 aromatic heterocycles. The number of alkyl halides is 3. The third kappa shape index (κ3) is 3.97. The summed E-state index contributed by atoms with van der Waals surface area (Å²) in [5.41, 5.74) is 0.539. The van der Waals surface area contributed by atoms with Gasteiger partial charge in [0.25, 0.3) is 0 Å². The molecule has 1 atom stereocenters. The molecule has 4 nitrogen and oxygen atoms in total. The molecule has 1 aromatic carbocycles. The van der Waals surface area contributed by atoms with Crippen LogP contribution in [-0.2, 0) is 16.0 Å². The van der Waals surface area contributed by atoms with Crippen LogP contribution in [0.25, 0.3) is 0 Å². The van der Waals surface area contributed by atoms with E-state index in [0.29, 0.717) is 5.56 Å². The number of nitrogens with zero attached hydrogens (tertiary/aromatic N) is 1.